The van der Waals surface area contributed by atoms with Crippen LogP contribution in [0, 0.1) is 11.6 Å². The fraction of sp³-hybridized carbons (Fsp3) is 0.235. The molecular formula is C17H15F2N3O2S2. The molecule has 0 atom stereocenters. The van der Waals surface area contributed by atoms with Gasteiger partial charge in [-0.2, -0.15) is 0 Å². The van der Waals surface area contributed by atoms with Crippen LogP contribution in [0.5, 0.6) is 0 Å². The SMILES string of the molecule is O=S(=O)(Nc1ccc2nc(N3CCCC3)sc2c1)c1ccc(F)cc1F. The number of rotatable bonds is 4. The van der Waals surface area contributed by atoms with Crippen LogP contribution in [0.4, 0.5) is 19.6 Å². The lowest BCUT2D eigenvalue weighted by atomic mass is 10.3. The molecule has 0 amide bonds. The van der Waals surface area contributed by atoms with E-state index in [0.29, 0.717) is 11.8 Å². The van der Waals surface area contributed by atoms with E-state index in [1.54, 1.807) is 18.2 Å². The zero-order valence-electron chi connectivity index (χ0n) is 13.6. The van der Waals surface area contributed by atoms with Crippen molar-refractivity contribution in [2.24, 2.45) is 0 Å². The lowest BCUT2D eigenvalue weighted by Gasteiger charge is -2.11. The summed E-state index contributed by atoms with van der Waals surface area (Å²) in [6, 6.07) is 7.34. The number of fused-ring (bicyclic) bond motifs is 1. The number of thiazole rings is 1. The first-order chi connectivity index (χ1) is 12.4. The van der Waals surface area contributed by atoms with Crippen molar-refractivity contribution in [2.45, 2.75) is 17.7 Å². The van der Waals surface area contributed by atoms with Gasteiger partial charge in [-0.3, -0.25) is 4.72 Å². The van der Waals surface area contributed by atoms with E-state index in [0.717, 1.165) is 53.4 Å². The number of anilines is 2. The molecule has 2 aromatic carbocycles. The molecule has 136 valence electrons. The first-order valence-corrected chi connectivity index (χ1v) is 10.4. The van der Waals surface area contributed by atoms with Crippen molar-refractivity contribution in [3.8, 4) is 0 Å². The van der Waals surface area contributed by atoms with E-state index in [4.69, 9.17) is 0 Å². The van der Waals surface area contributed by atoms with Crippen LogP contribution in [0.1, 0.15) is 12.8 Å². The number of sulfonamides is 1. The molecule has 1 fully saturated rings. The molecule has 0 spiro atoms. The maximum atomic E-state index is 13.8. The van der Waals surface area contributed by atoms with E-state index < -0.39 is 26.6 Å². The summed E-state index contributed by atoms with van der Waals surface area (Å²) in [5.41, 5.74) is 1.09. The van der Waals surface area contributed by atoms with Gasteiger partial charge in [0.2, 0.25) is 0 Å². The summed E-state index contributed by atoms with van der Waals surface area (Å²) in [5.74, 6) is -1.96. The molecule has 0 bridgehead atoms. The van der Waals surface area contributed by atoms with Crippen LogP contribution >= 0.6 is 11.3 Å². The monoisotopic (exact) mass is 395 g/mol. The molecule has 9 heteroatoms. The summed E-state index contributed by atoms with van der Waals surface area (Å²) in [6.07, 6.45) is 2.29. The molecule has 1 N–H and O–H groups in total. The zero-order valence-corrected chi connectivity index (χ0v) is 15.2. The van der Waals surface area contributed by atoms with Crippen LogP contribution in [-0.2, 0) is 10.0 Å². The Morgan fingerprint density at radius 1 is 1.08 bits per heavy atom. The molecule has 0 saturated carbocycles. The van der Waals surface area contributed by atoms with Crippen LogP contribution in [0.25, 0.3) is 10.2 Å². The van der Waals surface area contributed by atoms with E-state index in [1.165, 1.54) is 11.3 Å². The van der Waals surface area contributed by atoms with Gasteiger partial charge in [0.05, 0.1) is 15.9 Å². The van der Waals surface area contributed by atoms with Crippen LogP contribution < -0.4 is 9.62 Å². The molecule has 3 aromatic rings. The van der Waals surface area contributed by atoms with Crippen LogP contribution in [0.15, 0.2) is 41.3 Å². The standard InChI is InChI=1S/C17H15F2N3O2S2/c18-11-3-6-16(13(19)9-11)26(23,24)21-12-4-5-14-15(10-12)25-17(20-14)22-7-1-2-8-22/h3-6,9-10,21H,1-2,7-8H2. The third-order valence-corrected chi connectivity index (χ3v) is 6.68. The third-order valence-electron chi connectivity index (χ3n) is 4.19. The summed E-state index contributed by atoms with van der Waals surface area (Å²) < 4.78 is 54.8. The predicted octanol–water partition coefficient (Wildman–Crippen LogP) is 3.98. The summed E-state index contributed by atoms with van der Waals surface area (Å²) in [4.78, 5) is 6.19. The number of nitrogens with zero attached hydrogens (tertiary/aromatic N) is 2. The van der Waals surface area contributed by atoms with Crippen molar-refractivity contribution in [3.05, 3.63) is 48.0 Å². The van der Waals surface area contributed by atoms with Crippen molar-refractivity contribution in [1.29, 1.82) is 0 Å². The molecule has 26 heavy (non-hydrogen) atoms. The van der Waals surface area contributed by atoms with E-state index in [-0.39, 0.29) is 0 Å². The normalized spacial score (nSPS) is 14.9. The minimum Gasteiger partial charge on any atom is -0.348 e. The topological polar surface area (TPSA) is 62.3 Å². The Labute approximate surface area is 153 Å². The smallest absolute Gasteiger partial charge is 0.264 e. The highest BCUT2D eigenvalue weighted by Gasteiger charge is 2.21. The lowest BCUT2D eigenvalue weighted by molar-refractivity contribution is 0.551. The second-order valence-electron chi connectivity index (χ2n) is 6.05. The molecule has 4 rings (SSSR count). The first-order valence-electron chi connectivity index (χ1n) is 8.06. The van der Waals surface area contributed by atoms with Gasteiger partial charge in [-0.15, -0.1) is 0 Å². The maximum Gasteiger partial charge on any atom is 0.264 e. The Morgan fingerprint density at radius 3 is 2.58 bits per heavy atom. The van der Waals surface area contributed by atoms with Gasteiger partial charge in [-0.1, -0.05) is 11.3 Å². The van der Waals surface area contributed by atoms with Gasteiger partial charge in [0.25, 0.3) is 10.0 Å². The number of hydrogen-bond donors (Lipinski definition) is 1. The van der Waals surface area contributed by atoms with Gasteiger partial charge >= 0.3 is 0 Å². The fourth-order valence-corrected chi connectivity index (χ4v) is 5.09. The predicted molar refractivity (Wildman–Crippen MR) is 98.2 cm³/mol. The quantitative estimate of drug-likeness (QED) is 0.726. The zero-order chi connectivity index (χ0) is 18.3. The molecule has 5 nitrogen and oxygen atoms in total. The van der Waals surface area contributed by atoms with E-state index in [2.05, 4.69) is 14.6 Å². The summed E-state index contributed by atoms with van der Waals surface area (Å²) in [7, 11) is -4.16. The van der Waals surface area contributed by atoms with Crippen molar-refractivity contribution in [3.63, 3.8) is 0 Å². The van der Waals surface area contributed by atoms with Crippen LogP contribution in [-0.4, -0.2) is 26.5 Å². The maximum absolute atomic E-state index is 13.8. The number of halogens is 2. The number of hydrogen-bond acceptors (Lipinski definition) is 5. The molecule has 2 heterocycles. The Balaban J connectivity index is 1.64. The van der Waals surface area contributed by atoms with Gasteiger partial charge in [-0.25, -0.2) is 22.2 Å². The Kier molecular flexibility index (Phi) is 4.28. The molecule has 1 aliphatic heterocycles. The number of aromatic nitrogens is 1. The minimum absolute atomic E-state index is 0.304. The van der Waals surface area contributed by atoms with Gasteiger partial charge in [0.15, 0.2) is 5.13 Å². The van der Waals surface area contributed by atoms with Crippen molar-refractivity contribution in [1.82, 2.24) is 4.98 Å². The molecule has 1 saturated heterocycles. The van der Waals surface area contributed by atoms with Crippen molar-refractivity contribution >= 4 is 42.4 Å². The summed E-state index contributed by atoms with van der Waals surface area (Å²) in [5, 5.41) is 0.919. The molecule has 0 radical (unpaired) electrons. The lowest BCUT2D eigenvalue weighted by Crippen LogP contribution is -2.16. The van der Waals surface area contributed by atoms with Gasteiger partial charge in [-0.05, 0) is 43.2 Å². The summed E-state index contributed by atoms with van der Waals surface area (Å²) in [6.45, 7) is 1.95. The highest BCUT2D eigenvalue weighted by Crippen LogP contribution is 2.33. The minimum atomic E-state index is -4.16. The summed E-state index contributed by atoms with van der Waals surface area (Å²) >= 11 is 1.49. The Hall–Kier alpha value is -2.26. The molecule has 1 aromatic heterocycles. The third kappa shape index (κ3) is 3.24. The van der Waals surface area contributed by atoms with Gasteiger partial charge in [0, 0.05) is 19.2 Å². The van der Waals surface area contributed by atoms with Gasteiger partial charge in [0.1, 0.15) is 16.5 Å². The van der Waals surface area contributed by atoms with Gasteiger partial charge < -0.3 is 4.90 Å². The highest BCUT2D eigenvalue weighted by atomic mass is 32.2. The van der Waals surface area contributed by atoms with Crippen molar-refractivity contribution < 1.29 is 17.2 Å². The second-order valence-corrected chi connectivity index (χ2v) is 8.71. The van der Waals surface area contributed by atoms with E-state index in [9.17, 15) is 17.2 Å². The molecular weight excluding hydrogens is 380 g/mol. The molecule has 1 aliphatic rings. The second kappa shape index (κ2) is 6.48. The van der Waals surface area contributed by atoms with E-state index >= 15 is 0 Å². The largest absolute Gasteiger partial charge is 0.348 e. The van der Waals surface area contributed by atoms with E-state index in [1.807, 2.05) is 0 Å². The first kappa shape index (κ1) is 17.2. The molecule has 0 aliphatic carbocycles. The fourth-order valence-electron chi connectivity index (χ4n) is 2.92. The molecule has 0 unspecified atom stereocenters. The highest BCUT2D eigenvalue weighted by molar-refractivity contribution is 7.92. The number of benzene rings is 2. The van der Waals surface area contributed by atoms with Crippen molar-refractivity contribution in [2.75, 3.05) is 22.7 Å². The average Bonchev–Trinajstić information content (AvgIpc) is 3.22. The Bertz CT molecular complexity index is 1080. The van der Waals surface area contributed by atoms with Crippen LogP contribution in [0.3, 0.4) is 0 Å². The number of nitrogens with one attached hydrogen (secondary N) is 1. The Morgan fingerprint density at radius 2 is 1.85 bits per heavy atom. The average molecular weight is 395 g/mol. The van der Waals surface area contributed by atoms with Crippen LogP contribution in [0.2, 0.25) is 0 Å².